The number of benzene rings is 1. The molecule has 0 saturated heterocycles. The lowest BCUT2D eigenvalue weighted by molar-refractivity contribution is -0.305. The number of rotatable bonds is 3. The van der Waals surface area contributed by atoms with Gasteiger partial charge in [-0.25, -0.2) is 4.79 Å². The van der Waals surface area contributed by atoms with Crippen LogP contribution < -0.4 is 10.9 Å². The quantitative estimate of drug-likeness (QED) is 0.778. The van der Waals surface area contributed by atoms with Crippen LogP contribution in [0.4, 0.5) is 0 Å². The molecule has 6 heteroatoms. The number of carbonyl (C=O) groups excluding carboxylic acids is 1. The van der Waals surface area contributed by atoms with Gasteiger partial charge in [-0.05, 0) is 12.1 Å². The molecule has 0 N–H and O–H groups in total. The molecule has 0 fully saturated rings. The maximum atomic E-state index is 11.4. The maximum Gasteiger partial charge on any atom is 0.419 e. The van der Waals surface area contributed by atoms with E-state index in [9.17, 15) is 14.7 Å². The van der Waals surface area contributed by atoms with E-state index in [0.717, 1.165) is 0 Å². The van der Waals surface area contributed by atoms with Crippen LogP contribution in [0.2, 0.25) is 5.02 Å². The monoisotopic (exact) mass is 240 g/mol. The number of oxazole rings is 1. The van der Waals surface area contributed by atoms with Gasteiger partial charge in [0.25, 0.3) is 0 Å². The smallest absolute Gasteiger partial charge is 0.419 e. The van der Waals surface area contributed by atoms with Crippen LogP contribution in [0.3, 0.4) is 0 Å². The van der Waals surface area contributed by atoms with Crippen LogP contribution in [0.1, 0.15) is 6.42 Å². The van der Waals surface area contributed by atoms with Gasteiger partial charge in [-0.1, -0.05) is 11.6 Å². The van der Waals surface area contributed by atoms with Crippen molar-refractivity contribution in [2.75, 3.05) is 0 Å². The minimum Gasteiger partial charge on any atom is -0.550 e. The normalized spacial score (nSPS) is 10.8. The topological polar surface area (TPSA) is 75.3 Å². The van der Waals surface area contributed by atoms with Crippen molar-refractivity contribution in [1.82, 2.24) is 4.57 Å². The zero-order valence-corrected chi connectivity index (χ0v) is 8.86. The van der Waals surface area contributed by atoms with Crippen LogP contribution in [-0.4, -0.2) is 10.5 Å². The number of fused-ring (bicyclic) bond motifs is 1. The van der Waals surface area contributed by atoms with Crippen LogP contribution >= 0.6 is 11.6 Å². The molecule has 0 spiro atoms. The average Bonchev–Trinajstić information content (AvgIpc) is 2.50. The van der Waals surface area contributed by atoms with Crippen LogP contribution in [-0.2, 0) is 11.3 Å². The van der Waals surface area contributed by atoms with E-state index < -0.39 is 11.7 Å². The Kier molecular flexibility index (Phi) is 2.70. The Morgan fingerprint density at radius 1 is 1.50 bits per heavy atom. The van der Waals surface area contributed by atoms with E-state index in [-0.39, 0.29) is 13.0 Å². The second kappa shape index (κ2) is 4.02. The molecule has 0 unspecified atom stereocenters. The molecule has 0 aliphatic rings. The Labute approximate surface area is 94.9 Å². The highest BCUT2D eigenvalue weighted by Crippen LogP contribution is 2.18. The molecule has 0 amide bonds. The number of hydrogen-bond donors (Lipinski definition) is 0. The Balaban J connectivity index is 2.48. The van der Waals surface area contributed by atoms with Gasteiger partial charge in [0.05, 0.1) is 5.52 Å². The lowest BCUT2D eigenvalue weighted by Crippen LogP contribution is -2.25. The molecule has 0 aliphatic heterocycles. The van der Waals surface area contributed by atoms with Crippen LogP contribution in [0.25, 0.3) is 11.1 Å². The third-order valence-electron chi connectivity index (χ3n) is 2.17. The summed E-state index contributed by atoms with van der Waals surface area (Å²) in [5.74, 6) is -1.81. The van der Waals surface area contributed by atoms with E-state index in [1.54, 1.807) is 12.1 Å². The molecule has 0 aliphatic carbocycles. The molecular weight excluding hydrogens is 234 g/mol. The van der Waals surface area contributed by atoms with Crippen LogP contribution in [0, 0.1) is 0 Å². The minimum absolute atomic E-state index is 0.0236. The first-order chi connectivity index (χ1) is 7.58. The van der Waals surface area contributed by atoms with Gasteiger partial charge in [0, 0.05) is 30.0 Å². The molecule has 0 atom stereocenters. The van der Waals surface area contributed by atoms with Crippen molar-refractivity contribution in [3.8, 4) is 0 Å². The molecule has 2 rings (SSSR count). The van der Waals surface area contributed by atoms with E-state index in [1.165, 1.54) is 10.6 Å². The SMILES string of the molecule is O=C([O-])CCn1c(=O)oc2cc(Cl)ccc21. The Morgan fingerprint density at radius 3 is 2.94 bits per heavy atom. The Hall–Kier alpha value is -1.75. The van der Waals surface area contributed by atoms with Crippen molar-refractivity contribution >= 4 is 28.7 Å². The number of carbonyl (C=O) groups is 1. The first-order valence-electron chi connectivity index (χ1n) is 4.56. The molecule has 16 heavy (non-hydrogen) atoms. The highest BCUT2D eigenvalue weighted by molar-refractivity contribution is 6.31. The van der Waals surface area contributed by atoms with Gasteiger partial charge in [-0.15, -0.1) is 0 Å². The van der Waals surface area contributed by atoms with Gasteiger partial charge in [-0.3, -0.25) is 4.57 Å². The Morgan fingerprint density at radius 2 is 2.25 bits per heavy atom. The van der Waals surface area contributed by atoms with Gasteiger partial charge < -0.3 is 14.3 Å². The lowest BCUT2D eigenvalue weighted by atomic mass is 10.3. The summed E-state index contributed by atoms with van der Waals surface area (Å²) < 4.78 is 6.16. The van der Waals surface area contributed by atoms with Gasteiger partial charge >= 0.3 is 5.76 Å². The van der Waals surface area contributed by atoms with Gasteiger partial charge in [0.15, 0.2) is 5.58 Å². The van der Waals surface area contributed by atoms with E-state index in [0.29, 0.717) is 16.1 Å². The van der Waals surface area contributed by atoms with E-state index in [1.807, 2.05) is 0 Å². The van der Waals surface area contributed by atoms with Crippen molar-refractivity contribution in [3.05, 3.63) is 33.8 Å². The van der Waals surface area contributed by atoms with Crippen molar-refractivity contribution in [2.24, 2.45) is 0 Å². The highest BCUT2D eigenvalue weighted by atomic mass is 35.5. The van der Waals surface area contributed by atoms with Crippen molar-refractivity contribution in [3.63, 3.8) is 0 Å². The summed E-state index contributed by atoms with van der Waals surface area (Å²) in [7, 11) is 0. The van der Waals surface area contributed by atoms with E-state index >= 15 is 0 Å². The van der Waals surface area contributed by atoms with E-state index in [4.69, 9.17) is 16.0 Å². The number of aryl methyl sites for hydroxylation is 1. The molecule has 2 aromatic rings. The molecule has 0 saturated carbocycles. The average molecular weight is 241 g/mol. The molecule has 0 bridgehead atoms. The Bertz CT molecular complexity index is 598. The second-order valence-electron chi connectivity index (χ2n) is 3.25. The van der Waals surface area contributed by atoms with Gasteiger partial charge in [0.2, 0.25) is 0 Å². The largest absolute Gasteiger partial charge is 0.550 e. The molecule has 1 heterocycles. The van der Waals surface area contributed by atoms with Gasteiger partial charge in [0.1, 0.15) is 0 Å². The first-order valence-corrected chi connectivity index (χ1v) is 4.94. The molecule has 1 aromatic carbocycles. The van der Waals surface area contributed by atoms with Crippen molar-refractivity contribution < 1.29 is 14.3 Å². The van der Waals surface area contributed by atoms with Crippen LogP contribution in [0.15, 0.2) is 27.4 Å². The summed E-state index contributed by atoms with van der Waals surface area (Å²) in [6, 6.07) is 4.72. The number of carboxylic acid groups (broad SMARTS) is 1. The summed E-state index contributed by atoms with van der Waals surface area (Å²) in [6.07, 6.45) is -0.239. The third-order valence-corrected chi connectivity index (χ3v) is 2.40. The number of nitrogens with zero attached hydrogens (tertiary/aromatic N) is 1. The number of carboxylic acids is 1. The predicted molar refractivity (Wildman–Crippen MR) is 55.1 cm³/mol. The standard InChI is InChI=1S/C10H8ClNO4/c11-6-1-2-7-8(5-6)16-10(15)12(7)4-3-9(13)14/h1-2,5H,3-4H2,(H,13,14)/p-1. The molecule has 1 aromatic heterocycles. The van der Waals surface area contributed by atoms with Crippen LogP contribution in [0.5, 0.6) is 0 Å². The number of hydrogen-bond acceptors (Lipinski definition) is 4. The van der Waals surface area contributed by atoms with Crippen molar-refractivity contribution in [1.29, 1.82) is 0 Å². The summed E-state index contributed by atoms with van der Waals surface area (Å²) in [5.41, 5.74) is 0.867. The predicted octanol–water partition coefficient (Wildman–Crippen LogP) is 0.388. The number of halogens is 1. The fourth-order valence-electron chi connectivity index (χ4n) is 1.46. The summed E-state index contributed by atoms with van der Waals surface area (Å²) >= 11 is 5.73. The second-order valence-corrected chi connectivity index (χ2v) is 3.69. The van der Waals surface area contributed by atoms with Gasteiger partial charge in [-0.2, -0.15) is 0 Å². The highest BCUT2D eigenvalue weighted by Gasteiger charge is 2.08. The first kappa shape index (κ1) is 10.8. The molecule has 0 radical (unpaired) electrons. The molecular formula is C10H7ClNO4-. The number of aromatic nitrogens is 1. The molecule has 5 nitrogen and oxygen atoms in total. The third kappa shape index (κ3) is 1.94. The molecule has 84 valence electrons. The number of aliphatic carboxylic acids is 1. The lowest BCUT2D eigenvalue weighted by Gasteiger charge is -2.02. The minimum atomic E-state index is -1.21. The van der Waals surface area contributed by atoms with E-state index in [2.05, 4.69) is 0 Å². The fraction of sp³-hybridized carbons (Fsp3) is 0.200. The zero-order chi connectivity index (χ0) is 11.7. The summed E-state index contributed by atoms with van der Waals surface area (Å²) in [6.45, 7) is 0.0236. The maximum absolute atomic E-state index is 11.4. The fourth-order valence-corrected chi connectivity index (χ4v) is 1.62. The zero-order valence-electron chi connectivity index (χ0n) is 8.10. The van der Waals surface area contributed by atoms with Crippen molar-refractivity contribution in [2.45, 2.75) is 13.0 Å². The summed E-state index contributed by atoms with van der Waals surface area (Å²) in [4.78, 5) is 21.7. The summed E-state index contributed by atoms with van der Waals surface area (Å²) in [5, 5.41) is 10.8.